The second-order valence-electron chi connectivity index (χ2n) is 6.03. The predicted octanol–water partition coefficient (Wildman–Crippen LogP) is 1.93. The van der Waals surface area contributed by atoms with E-state index in [0.29, 0.717) is 13.0 Å². The second-order valence-corrected chi connectivity index (χ2v) is 6.03. The molecule has 116 valence electrons. The minimum absolute atomic E-state index is 0.0206. The molecule has 1 aliphatic rings. The maximum atomic E-state index is 11.8. The van der Waals surface area contributed by atoms with E-state index in [-0.39, 0.29) is 17.8 Å². The van der Waals surface area contributed by atoms with Crippen LogP contribution in [0.4, 0.5) is 4.79 Å². The second kappa shape index (κ2) is 6.80. The van der Waals surface area contributed by atoms with E-state index in [9.17, 15) is 15.0 Å². The number of benzene rings is 1. The number of hydrogen-bond acceptors (Lipinski definition) is 3. The van der Waals surface area contributed by atoms with Crippen LogP contribution in [0.25, 0.3) is 0 Å². The lowest BCUT2D eigenvalue weighted by Crippen LogP contribution is -2.47. The molecule has 0 aromatic heterocycles. The molecule has 0 radical (unpaired) electrons. The molecule has 1 aromatic carbocycles. The number of urea groups is 1. The van der Waals surface area contributed by atoms with Crippen molar-refractivity contribution in [1.82, 2.24) is 10.6 Å². The molecule has 4 N–H and O–H groups in total. The van der Waals surface area contributed by atoms with Crippen molar-refractivity contribution in [2.75, 3.05) is 6.54 Å². The van der Waals surface area contributed by atoms with Gasteiger partial charge in [-0.05, 0) is 43.9 Å². The fraction of sp³-hybridized carbons (Fsp3) is 0.562. The van der Waals surface area contributed by atoms with E-state index < -0.39 is 5.60 Å². The molecule has 1 unspecified atom stereocenters. The Labute approximate surface area is 125 Å². The molecule has 1 aromatic rings. The van der Waals surface area contributed by atoms with Gasteiger partial charge < -0.3 is 20.8 Å². The summed E-state index contributed by atoms with van der Waals surface area (Å²) < 4.78 is 0. The SMILES string of the molecule is CC(Cc1ccc(O)cc1)NC(=O)NCC1(O)CCCC1. The summed E-state index contributed by atoms with van der Waals surface area (Å²) in [5.41, 5.74) is 0.326. The van der Waals surface area contributed by atoms with Crippen molar-refractivity contribution >= 4 is 6.03 Å². The first-order valence-corrected chi connectivity index (χ1v) is 7.51. The minimum Gasteiger partial charge on any atom is -0.508 e. The third-order valence-electron chi connectivity index (χ3n) is 3.97. The van der Waals surface area contributed by atoms with Crippen molar-refractivity contribution in [2.45, 2.75) is 50.7 Å². The van der Waals surface area contributed by atoms with Crippen molar-refractivity contribution < 1.29 is 15.0 Å². The monoisotopic (exact) mass is 292 g/mol. The largest absolute Gasteiger partial charge is 0.508 e. The molecule has 1 aliphatic carbocycles. The molecule has 0 heterocycles. The van der Waals surface area contributed by atoms with Crippen LogP contribution >= 0.6 is 0 Å². The number of aliphatic hydroxyl groups is 1. The molecule has 1 fully saturated rings. The molecule has 5 nitrogen and oxygen atoms in total. The summed E-state index contributed by atoms with van der Waals surface area (Å²) in [7, 11) is 0. The van der Waals surface area contributed by atoms with Crippen molar-refractivity contribution in [3.05, 3.63) is 29.8 Å². The third-order valence-corrected chi connectivity index (χ3v) is 3.97. The van der Waals surface area contributed by atoms with Crippen molar-refractivity contribution in [3.8, 4) is 5.75 Å². The number of carbonyl (C=O) groups excluding carboxylic acids is 1. The number of carbonyl (C=O) groups is 1. The van der Waals surface area contributed by atoms with Crippen LogP contribution in [-0.4, -0.2) is 34.4 Å². The average molecular weight is 292 g/mol. The van der Waals surface area contributed by atoms with Gasteiger partial charge in [0.2, 0.25) is 0 Å². The molecule has 5 heteroatoms. The summed E-state index contributed by atoms with van der Waals surface area (Å²) in [6.45, 7) is 2.24. The van der Waals surface area contributed by atoms with Crippen molar-refractivity contribution in [3.63, 3.8) is 0 Å². The molecule has 1 saturated carbocycles. The van der Waals surface area contributed by atoms with Gasteiger partial charge in [-0.2, -0.15) is 0 Å². The number of nitrogens with one attached hydrogen (secondary N) is 2. The number of phenolic OH excluding ortho intramolecular Hbond substituents is 1. The lowest BCUT2D eigenvalue weighted by Gasteiger charge is -2.23. The van der Waals surface area contributed by atoms with Crippen LogP contribution in [0.2, 0.25) is 0 Å². The van der Waals surface area contributed by atoms with Crippen LogP contribution in [0.5, 0.6) is 5.75 Å². The highest BCUT2D eigenvalue weighted by Crippen LogP contribution is 2.28. The molecule has 0 aliphatic heterocycles. The lowest BCUT2D eigenvalue weighted by atomic mass is 10.0. The Bertz CT molecular complexity index is 467. The predicted molar refractivity (Wildman–Crippen MR) is 81.2 cm³/mol. The maximum Gasteiger partial charge on any atom is 0.315 e. The Hall–Kier alpha value is -1.75. The van der Waals surface area contributed by atoms with Crippen LogP contribution in [0, 0.1) is 0 Å². The molecular formula is C16H24N2O3. The summed E-state index contributed by atoms with van der Waals surface area (Å²) in [6.07, 6.45) is 4.26. The molecule has 0 saturated heterocycles. The molecule has 1 atom stereocenters. The zero-order chi connectivity index (χ0) is 15.3. The average Bonchev–Trinajstić information content (AvgIpc) is 2.87. The van der Waals surface area contributed by atoms with E-state index >= 15 is 0 Å². The van der Waals surface area contributed by atoms with Crippen molar-refractivity contribution in [2.24, 2.45) is 0 Å². The van der Waals surface area contributed by atoms with Gasteiger partial charge in [0, 0.05) is 12.6 Å². The number of aromatic hydroxyl groups is 1. The van der Waals surface area contributed by atoms with E-state index in [0.717, 1.165) is 31.2 Å². The van der Waals surface area contributed by atoms with Gasteiger partial charge in [-0.25, -0.2) is 4.79 Å². The van der Waals surface area contributed by atoms with Crippen LogP contribution in [0.15, 0.2) is 24.3 Å². The van der Waals surface area contributed by atoms with Crippen LogP contribution in [-0.2, 0) is 6.42 Å². The summed E-state index contributed by atoms with van der Waals surface area (Å²) in [5.74, 6) is 0.238. The highest BCUT2D eigenvalue weighted by molar-refractivity contribution is 5.74. The fourth-order valence-corrected chi connectivity index (χ4v) is 2.77. The summed E-state index contributed by atoms with van der Waals surface area (Å²) in [6, 6.07) is 6.68. The van der Waals surface area contributed by atoms with Gasteiger partial charge in [-0.15, -0.1) is 0 Å². The number of phenols is 1. The Morgan fingerprint density at radius 3 is 2.52 bits per heavy atom. The zero-order valence-electron chi connectivity index (χ0n) is 12.4. The van der Waals surface area contributed by atoms with E-state index in [1.165, 1.54) is 0 Å². The first-order chi connectivity index (χ1) is 9.97. The van der Waals surface area contributed by atoms with Gasteiger partial charge >= 0.3 is 6.03 Å². The number of rotatable bonds is 5. The Balaban J connectivity index is 1.72. The zero-order valence-corrected chi connectivity index (χ0v) is 12.4. The highest BCUT2D eigenvalue weighted by atomic mass is 16.3. The standard InChI is InChI=1S/C16H24N2O3/c1-12(10-13-4-6-14(19)7-5-13)18-15(20)17-11-16(21)8-2-3-9-16/h4-7,12,19,21H,2-3,8-11H2,1H3,(H2,17,18,20). The summed E-state index contributed by atoms with van der Waals surface area (Å²) in [4.78, 5) is 11.8. The molecule has 0 bridgehead atoms. The molecule has 21 heavy (non-hydrogen) atoms. The first kappa shape index (κ1) is 15.6. The Morgan fingerprint density at radius 1 is 1.29 bits per heavy atom. The van der Waals surface area contributed by atoms with Gasteiger partial charge in [0.25, 0.3) is 0 Å². The molecule has 0 spiro atoms. The van der Waals surface area contributed by atoms with E-state index in [4.69, 9.17) is 0 Å². The van der Waals surface area contributed by atoms with E-state index in [2.05, 4.69) is 10.6 Å². The lowest BCUT2D eigenvalue weighted by molar-refractivity contribution is 0.0500. The third kappa shape index (κ3) is 4.93. The normalized spacial score (nSPS) is 18.2. The van der Waals surface area contributed by atoms with Crippen LogP contribution in [0.1, 0.15) is 38.2 Å². The quantitative estimate of drug-likeness (QED) is 0.669. The Morgan fingerprint density at radius 2 is 1.90 bits per heavy atom. The molecule has 2 amide bonds. The van der Waals surface area contributed by atoms with Crippen LogP contribution in [0.3, 0.4) is 0 Å². The molecular weight excluding hydrogens is 268 g/mol. The van der Waals surface area contributed by atoms with Crippen molar-refractivity contribution in [1.29, 1.82) is 0 Å². The van der Waals surface area contributed by atoms with Gasteiger partial charge in [-0.3, -0.25) is 0 Å². The van der Waals surface area contributed by atoms with Gasteiger partial charge in [-0.1, -0.05) is 25.0 Å². The van der Waals surface area contributed by atoms with E-state index in [1.54, 1.807) is 12.1 Å². The van der Waals surface area contributed by atoms with Crippen LogP contribution < -0.4 is 10.6 Å². The Kier molecular flexibility index (Phi) is 5.07. The smallest absolute Gasteiger partial charge is 0.315 e. The highest BCUT2D eigenvalue weighted by Gasteiger charge is 2.31. The number of hydrogen-bond donors (Lipinski definition) is 4. The molecule has 2 rings (SSSR count). The minimum atomic E-state index is -0.725. The number of amides is 2. The fourth-order valence-electron chi connectivity index (χ4n) is 2.77. The first-order valence-electron chi connectivity index (χ1n) is 7.51. The summed E-state index contributed by atoms with van der Waals surface area (Å²) >= 11 is 0. The summed E-state index contributed by atoms with van der Waals surface area (Å²) in [5, 5.41) is 25.0. The van der Waals surface area contributed by atoms with Gasteiger partial charge in [0.05, 0.1) is 5.60 Å². The van der Waals surface area contributed by atoms with Gasteiger partial charge in [0.15, 0.2) is 0 Å². The maximum absolute atomic E-state index is 11.8. The van der Waals surface area contributed by atoms with Gasteiger partial charge in [0.1, 0.15) is 5.75 Å². The van der Waals surface area contributed by atoms with E-state index in [1.807, 2.05) is 19.1 Å². The topological polar surface area (TPSA) is 81.6 Å².